The predicted octanol–water partition coefficient (Wildman–Crippen LogP) is 2.78. The van der Waals surface area contributed by atoms with Gasteiger partial charge < -0.3 is 5.11 Å². The molecule has 0 bridgehead atoms. The second-order valence-corrected chi connectivity index (χ2v) is 4.32. The number of rotatable bonds is 6. The van der Waals surface area contributed by atoms with Gasteiger partial charge in [-0.3, -0.25) is 9.69 Å². The summed E-state index contributed by atoms with van der Waals surface area (Å²) in [5.41, 5.74) is 0.685. The van der Waals surface area contributed by atoms with Gasteiger partial charge in [-0.15, -0.1) is 0 Å². The molecule has 0 saturated carbocycles. The topological polar surface area (TPSA) is 40.5 Å². The van der Waals surface area contributed by atoms with Crippen molar-refractivity contribution in [3.63, 3.8) is 0 Å². The maximum atomic E-state index is 13.1. The molecule has 94 valence electrons. The number of nitrogens with zero attached hydrogens (tertiary/aromatic N) is 1. The molecule has 0 fully saturated rings. The Bertz CT molecular complexity index is 378. The van der Waals surface area contributed by atoms with E-state index in [2.05, 4.69) is 0 Å². The van der Waals surface area contributed by atoms with Crippen molar-refractivity contribution in [3.05, 3.63) is 34.6 Å². The smallest absolute Gasteiger partial charge is 0.317 e. The van der Waals surface area contributed by atoms with Crippen molar-refractivity contribution in [2.24, 2.45) is 0 Å². The SMILES string of the molecule is CCCN(CC(=O)O)Cc1cc(F)cc(Cl)c1. The first-order chi connectivity index (χ1) is 8.01. The van der Waals surface area contributed by atoms with E-state index in [9.17, 15) is 9.18 Å². The second-order valence-electron chi connectivity index (χ2n) is 3.88. The molecule has 0 radical (unpaired) electrons. The van der Waals surface area contributed by atoms with Crippen LogP contribution in [-0.4, -0.2) is 29.1 Å². The summed E-state index contributed by atoms with van der Waals surface area (Å²) in [5.74, 6) is -1.29. The van der Waals surface area contributed by atoms with E-state index in [1.54, 1.807) is 11.0 Å². The quantitative estimate of drug-likeness (QED) is 0.854. The number of benzene rings is 1. The molecule has 0 unspecified atom stereocenters. The van der Waals surface area contributed by atoms with Gasteiger partial charge in [0.2, 0.25) is 0 Å². The lowest BCUT2D eigenvalue weighted by atomic mass is 10.2. The van der Waals surface area contributed by atoms with Crippen molar-refractivity contribution in [1.82, 2.24) is 4.90 Å². The molecule has 0 atom stereocenters. The summed E-state index contributed by atoms with van der Waals surface area (Å²) in [6, 6.07) is 4.25. The van der Waals surface area contributed by atoms with Crippen molar-refractivity contribution in [2.75, 3.05) is 13.1 Å². The van der Waals surface area contributed by atoms with Gasteiger partial charge in [0.05, 0.1) is 6.54 Å². The Kier molecular flexibility index (Phi) is 5.38. The first kappa shape index (κ1) is 13.9. The number of halogens is 2. The Balaban J connectivity index is 2.74. The van der Waals surface area contributed by atoms with Crippen LogP contribution in [0.2, 0.25) is 5.02 Å². The molecule has 1 rings (SSSR count). The average molecular weight is 260 g/mol. The molecule has 0 aliphatic heterocycles. The Labute approximate surface area is 105 Å². The number of hydrogen-bond donors (Lipinski definition) is 1. The highest BCUT2D eigenvalue weighted by atomic mass is 35.5. The fourth-order valence-corrected chi connectivity index (χ4v) is 1.93. The maximum absolute atomic E-state index is 13.1. The molecule has 5 heteroatoms. The first-order valence-electron chi connectivity index (χ1n) is 5.40. The van der Waals surface area contributed by atoms with Gasteiger partial charge in [-0.1, -0.05) is 18.5 Å². The number of hydrogen-bond acceptors (Lipinski definition) is 2. The van der Waals surface area contributed by atoms with Crippen LogP contribution >= 0.6 is 11.6 Å². The molecule has 0 aliphatic rings. The zero-order valence-corrected chi connectivity index (χ0v) is 10.4. The largest absolute Gasteiger partial charge is 0.480 e. The fraction of sp³-hybridized carbons (Fsp3) is 0.417. The summed E-state index contributed by atoms with van der Waals surface area (Å²) in [4.78, 5) is 12.4. The van der Waals surface area contributed by atoms with E-state index in [1.807, 2.05) is 6.92 Å². The van der Waals surface area contributed by atoms with Crippen LogP contribution in [0.25, 0.3) is 0 Å². The monoisotopic (exact) mass is 259 g/mol. The highest BCUT2D eigenvalue weighted by molar-refractivity contribution is 6.30. The van der Waals surface area contributed by atoms with Crippen LogP contribution in [0.3, 0.4) is 0 Å². The number of carboxylic acids is 1. The van der Waals surface area contributed by atoms with Crippen LogP contribution in [-0.2, 0) is 11.3 Å². The molecular formula is C12H15ClFNO2. The summed E-state index contributed by atoms with van der Waals surface area (Å²) in [6.07, 6.45) is 0.844. The fourth-order valence-electron chi connectivity index (χ4n) is 1.68. The number of carbonyl (C=O) groups is 1. The third-order valence-corrected chi connectivity index (χ3v) is 2.45. The van der Waals surface area contributed by atoms with Gasteiger partial charge in [0.25, 0.3) is 0 Å². The summed E-state index contributed by atoms with van der Waals surface area (Å²) in [5, 5.41) is 9.08. The van der Waals surface area contributed by atoms with Gasteiger partial charge >= 0.3 is 5.97 Å². The average Bonchev–Trinajstić information content (AvgIpc) is 2.14. The second kappa shape index (κ2) is 6.57. The molecule has 0 aliphatic carbocycles. The van der Waals surface area contributed by atoms with E-state index in [1.165, 1.54) is 12.1 Å². The molecular weight excluding hydrogens is 245 g/mol. The third-order valence-electron chi connectivity index (χ3n) is 2.23. The van der Waals surface area contributed by atoms with Gasteiger partial charge in [-0.2, -0.15) is 0 Å². The van der Waals surface area contributed by atoms with Crippen LogP contribution in [0.5, 0.6) is 0 Å². The standard InChI is InChI=1S/C12H15ClFNO2/c1-2-3-15(8-12(16)17)7-9-4-10(13)6-11(14)5-9/h4-6H,2-3,7-8H2,1H3,(H,16,17). The highest BCUT2D eigenvalue weighted by Gasteiger charge is 2.10. The van der Waals surface area contributed by atoms with E-state index in [0.29, 0.717) is 23.7 Å². The number of carboxylic acid groups (broad SMARTS) is 1. The Morgan fingerprint density at radius 1 is 1.47 bits per heavy atom. The normalized spacial score (nSPS) is 10.8. The lowest BCUT2D eigenvalue weighted by molar-refractivity contribution is -0.138. The van der Waals surface area contributed by atoms with Gasteiger partial charge in [0.1, 0.15) is 5.82 Å². The molecule has 0 heterocycles. The number of aliphatic carboxylic acids is 1. The molecule has 0 spiro atoms. The van der Waals surface area contributed by atoms with Gasteiger partial charge in [0.15, 0.2) is 0 Å². The Hall–Kier alpha value is -1.13. The van der Waals surface area contributed by atoms with Crippen LogP contribution in [0.1, 0.15) is 18.9 Å². The van der Waals surface area contributed by atoms with Crippen molar-refractivity contribution in [3.8, 4) is 0 Å². The van der Waals surface area contributed by atoms with E-state index in [-0.39, 0.29) is 6.54 Å². The molecule has 0 saturated heterocycles. The van der Waals surface area contributed by atoms with E-state index in [4.69, 9.17) is 16.7 Å². The molecule has 0 aromatic heterocycles. The maximum Gasteiger partial charge on any atom is 0.317 e. The zero-order chi connectivity index (χ0) is 12.8. The Morgan fingerprint density at radius 2 is 2.18 bits per heavy atom. The van der Waals surface area contributed by atoms with Gasteiger partial charge in [0, 0.05) is 11.6 Å². The van der Waals surface area contributed by atoms with Crippen LogP contribution < -0.4 is 0 Å². The van der Waals surface area contributed by atoms with E-state index >= 15 is 0 Å². The molecule has 1 N–H and O–H groups in total. The minimum Gasteiger partial charge on any atom is -0.480 e. The molecule has 0 amide bonds. The summed E-state index contributed by atoms with van der Waals surface area (Å²) in [7, 11) is 0. The van der Waals surface area contributed by atoms with E-state index in [0.717, 1.165) is 6.42 Å². The molecule has 1 aromatic rings. The highest BCUT2D eigenvalue weighted by Crippen LogP contribution is 2.15. The molecule has 3 nitrogen and oxygen atoms in total. The van der Waals surface area contributed by atoms with Crippen molar-refractivity contribution < 1.29 is 14.3 Å². The minimum atomic E-state index is -0.888. The summed E-state index contributed by atoms with van der Waals surface area (Å²) >= 11 is 5.74. The minimum absolute atomic E-state index is 0.0536. The van der Waals surface area contributed by atoms with Gasteiger partial charge in [-0.05, 0) is 36.7 Å². The molecule has 1 aromatic carbocycles. The Morgan fingerprint density at radius 3 is 2.71 bits per heavy atom. The lowest BCUT2D eigenvalue weighted by Gasteiger charge is -2.19. The van der Waals surface area contributed by atoms with Crippen molar-refractivity contribution in [2.45, 2.75) is 19.9 Å². The van der Waals surface area contributed by atoms with Crippen molar-refractivity contribution in [1.29, 1.82) is 0 Å². The van der Waals surface area contributed by atoms with Crippen molar-refractivity contribution >= 4 is 17.6 Å². The predicted molar refractivity (Wildman–Crippen MR) is 64.6 cm³/mol. The first-order valence-corrected chi connectivity index (χ1v) is 5.78. The van der Waals surface area contributed by atoms with E-state index < -0.39 is 11.8 Å². The third kappa shape index (κ3) is 5.15. The van der Waals surface area contributed by atoms with Crippen LogP contribution in [0, 0.1) is 5.82 Å². The van der Waals surface area contributed by atoms with Gasteiger partial charge in [-0.25, -0.2) is 4.39 Å². The molecule has 17 heavy (non-hydrogen) atoms. The zero-order valence-electron chi connectivity index (χ0n) is 9.62. The lowest BCUT2D eigenvalue weighted by Crippen LogP contribution is -2.30. The van der Waals surface area contributed by atoms with Crippen LogP contribution in [0.4, 0.5) is 4.39 Å². The summed E-state index contributed by atoms with van der Waals surface area (Å²) in [6.45, 7) is 2.95. The van der Waals surface area contributed by atoms with Crippen LogP contribution in [0.15, 0.2) is 18.2 Å². The summed E-state index contributed by atoms with van der Waals surface area (Å²) < 4.78 is 13.1.